The Hall–Kier alpha value is -0.320. The molecule has 0 aromatic heterocycles. The van der Waals surface area contributed by atoms with Gasteiger partial charge in [0.2, 0.25) is 0 Å². The summed E-state index contributed by atoms with van der Waals surface area (Å²) in [5.41, 5.74) is 3.76. The van der Waals surface area contributed by atoms with Crippen LogP contribution in [-0.4, -0.2) is 15.0 Å². The first kappa shape index (κ1) is 18.5. The van der Waals surface area contributed by atoms with Crippen LogP contribution in [0.15, 0.2) is 27.1 Å². The van der Waals surface area contributed by atoms with Crippen molar-refractivity contribution in [2.24, 2.45) is 21.6 Å². The number of hydrogen-bond donors (Lipinski definition) is 0. The van der Waals surface area contributed by atoms with Gasteiger partial charge in [-0.25, -0.2) is 0 Å². The monoisotopic (exact) mass is 409 g/mol. The molecule has 4 atom stereocenters. The lowest BCUT2D eigenvalue weighted by Gasteiger charge is -2.40. The van der Waals surface area contributed by atoms with Crippen LogP contribution in [0.25, 0.3) is 0 Å². The van der Waals surface area contributed by atoms with E-state index in [1.54, 1.807) is 0 Å². The molecule has 1 aromatic rings. The van der Waals surface area contributed by atoms with Gasteiger partial charge in [-0.2, -0.15) is 0 Å². The highest BCUT2D eigenvalue weighted by molar-refractivity contribution is 9.10. The number of hydrogen-bond acceptors (Lipinski definition) is 2. The summed E-state index contributed by atoms with van der Waals surface area (Å²) < 4.78 is 18.4. The summed E-state index contributed by atoms with van der Waals surface area (Å²) in [4.78, 5) is 0. The minimum atomic E-state index is -1.22. The van der Waals surface area contributed by atoms with Crippen LogP contribution in [-0.2, 0) is 17.8 Å². The zero-order chi connectivity index (χ0) is 17.7. The number of benzene rings is 1. The van der Waals surface area contributed by atoms with Crippen molar-refractivity contribution < 1.29 is 4.55 Å². The van der Waals surface area contributed by atoms with Gasteiger partial charge < -0.3 is 4.55 Å². The van der Waals surface area contributed by atoms with Crippen LogP contribution in [0, 0.1) is 17.3 Å². The van der Waals surface area contributed by atoms with E-state index in [-0.39, 0.29) is 10.2 Å². The Morgan fingerprint density at radius 1 is 1.25 bits per heavy atom. The first-order chi connectivity index (χ1) is 11.1. The van der Waals surface area contributed by atoms with Crippen LogP contribution >= 0.6 is 15.9 Å². The molecule has 3 rings (SSSR count). The van der Waals surface area contributed by atoms with Crippen molar-refractivity contribution in [1.29, 1.82) is 0 Å². The molecule has 1 unspecified atom stereocenters. The van der Waals surface area contributed by atoms with E-state index in [0.29, 0.717) is 5.92 Å². The molecule has 0 bridgehead atoms. The molecule has 132 valence electrons. The summed E-state index contributed by atoms with van der Waals surface area (Å²) >= 11 is 2.39. The fourth-order valence-electron chi connectivity index (χ4n) is 4.11. The van der Waals surface area contributed by atoms with Crippen molar-refractivity contribution in [3.05, 3.63) is 33.8 Å². The Balaban J connectivity index is 2.08. The number of rotatable bonds is 1. The van der Waals surface area contributed by atoms with Crippen molar-refractivity contribution in [3.8, 4) is 0 Å². The maximum atomic E-state index is 12.8. The first-order valence-corrected chi connectivity index (χ1v) is 10.8. The van der Waals surface area contributed by atoms with Crippen molar-refractivity contribution in [2.75, 3.05) is 0 Å². The van der Waals surface area contributed by atoms with Gasteiger partial charge in [0.15, 0.2) is 0 Å². The highest BCUT2D eigenvalue weighted by Gasteiger charge is 2.48. The fraction of sp³-hybridized carbons (Fsp3) is 0.650. The van der Waals surface area contributed by atoms with Gasteiger partial charge in [0.25, 0.3) is 0 Å². The van der Waals surface area contributed by atoms with E-state index < -0.39 is 11.4 Å². The van der Waals surface area contributed by atoms with E-state index in [1.165, 1.54) is 17.5 Å². The molecule has 0 radical (unpaired) electrons. The van der Waals surface area contributed by atoms with E-state index >= 15 is 0 Å². The maximum Gasteiger partial charge on any atom is 0.144 e. The summed E-state index contributed by atoms with van der Waals surface area (Å²) in [6.07, 6.45) is 4.59. The van der Waals surface area contributed by atoms with Gasteiger partial charge in [-0.05, 0) is 76.0 Å². The van der Waals surface area contributed by atoms with Crippen LogP contribution in [0.3, 0.4) is 0 Å². The molecule has 2 aliphatic carbocycles. The summed E-state index contributed by atoms with van der Waals surface area (Å²) in [7, 11) is 0. The molecule has 2 aliphatic rings. The number of halogens is 1. The van der Waals surface area contributed by atoms with Gasteiger partial charge in [0.05, 0.1) is 0 Å². The molecular formula is C20H28BrNOS. The van der Waals surface area contributed by atoms with E-state index in [2.05, 4.69) is 48.0 Å². The molecule has 4 heteroatoms. The van der Waals surface area contributed by atoms with Crippen LogP contribution in [0.4, 0.5) is 0 Å². The highest BCUT2D eigenvalue weighted by atomic mass is 79.9. The molecular weight excluding hydrogens is 382 g/mol. The third kappa shape index (κ3) is 3.34. The predicted octanol–water partition coefficient (Wildman–Crippen LogP) is 5.70. The predicted molar refractivity (Wildman–Crippen MR) is 107 cm³/mol. The third-order valence-electron chi connectivity index (χ3n) is 5.82. The molecule has 1 saturated carbocycles. The molecule has 0 heterocycles. The second-order valence-electron chi connectivity index (χ2n) is 8.76. The van der Waals surface area contributed by atoms with Crippen LogP contribution in [0.2, 0.25) is 0 Å². The van der Waals surface area contributed by atoms with Crippen LogP contribution in [0.5, 0.6) is 0 Å². The van der Waals surface area contributed by atoms with Crippen molar-refractivity contribution >= 4 is 33.0 Å². The lowest BCUT2D eigenvalue weighted by molar-refractivity contribution is 0.169. The average molecular weight is 410 g/mol. The molecule has 0 amide bonds. The van der Waals surface area contributed by atoms with Gasteiger partial charge in [-0.3, -0.25) is 0 Å². The Morgan fingerprint density at radius 3 is 2.58 bits per heavy atom. The molecule has 1 fully saturated rings. The standard InChI is InChI=1S/C20H28BrNOS/c1-13-8-9-20(11-14(13)2)12-15-6-7-16(21)10-17(15)18(20)22-24(23)19(3,4)5/h6-7,10,13-14H,8-9,11-12H2,1-5H3/t13-,14-,20-,24?/m1/s1. The van der Waals surface area contributed by atoms with Crippen molar-refractivity contribution in [3.63, 3.8) is 0 Å². The lowest BCUT2D eigenvalue weighted by Crippen LogP contribution is -2.38. The molecule has 2 nitrogen and oxygen atoms in total. The van der Waals surface area contributed by atoms with Crippen LogP contribution < -0.4 is 0 Å². The van der Waals surface area contributed by atoms with E-state index in [9.17, 15) is 4.55 Å². The van der Waals surface area contributed by atoms with E-state index in [0.717, 1.165) is 35.4 Å². The highest BCUT2D eigenvalue weighted by Crippen LogP contribution is 2.51. The van der Waals surface area contributed by atoms with Gasteiger partial charge in [-0.1, -0.05) is 40.2 Å². The fourth-order valence-corrected chi connectivity index (χ4v) is 5.20. The molecule has 0 N–H and O–H groups in total. The summed E-state index contributed by atoms with van der Waals surface area (Å²) in [6.45, 7) is 10.7. The molecule has 24 heavy (non-hydrogen) atoms. The Kier molecular flexibility index (Phi) is 4.96. The summed E-state index contributed by atoms with van der Waals surface area (Å²) in [5, 5.41) is 0. The Labute approximate surface area is 158 Å². The largest absolute Gasteiger partial charge is 0.591 e. The minimum Gasteiger partial charge on any atom is -0.591 e. The van der Waals surface area contributed by atoms with Gasteiger partial charge >= 0.3 is 0 Å². The quantitative estimate of drug-likeness (QED) is 0.547. The van der Waals surface area contributed by atoms with Gasteiger partial charge in [-0.15, -0.1) is 0 Å². The Bertz CT molecular complexity index is 666. The Morgan fingerprint density at radius 2 is 1.96 bits per heavy atom. The average Bonchev–Trinajstić information content (AvgIpc) is 2.76. The topological polar surface area (TPSA) is 35.4 Å². The van der Waals surface area contributed by atoms with Gasteiger partial charge in [0, 0.05) is 15.5 Å². The summed E-state index contributed by atoms with van der Waals surface area (Å²) in [6, 6.07) is 6.50. The zero-order valence-electron chi connectivity index (χ0n) is 15.4. The SMILES string of the molecule is C[C@@H]1CC[C@]2(Cc3ccc(Br)cc3C2=N[S+]([O-])C(C)(C)C)C[C@H]1C. The zero-order valence-corrected chi connectivity index (χ0v) is 17.8. The second-order valence-corrected chi connectivity index (χ2v) is 11.6. The van der Waals surface area contributed by atoms with E-state index in [4.69, 9.17) is 4.40 Å². The van der Waals surface area contributed by atoms with Crippen molar-refractivity contribution in [2.45, 2.75) is 65.0 Å². The molecule has 0 saturated heterocycles. The van der Waals surface area contributed by atoms with E-state index in [1.807, 2.05) is 20.8 Å². The first-order valence-electron chi connectivity index (χ1n) is 8.92. The second kappa shape index (κ2) is 6.44. The minimum absolute atomic E-state index is 0.0793. The number of fused-ring (bicyclic) bond motifs is 1. The molecule has 1 spiro atoms. The third-order valence-corrected chi connectivity index (χ3v) is 7.71. The van der Waals surface area contributed by atoms with Crippen LogP contribution in [0.1, 0.15) is 65.0 Å². The molecule has 0 aliphatic heterocycles. The van der Waals surface area contributed by atoms with Crippen molar-refractivity contribution in [1.82, 2.24) is 0 Å². The lowest BCUT2D eigenvalue weighted by atomic mass is 9.64. The van der Waals surface area contributed by atoms with Gasteiger partial charge in [0.1, 0.15) is 21.8 Å². The summed E-state index contributed by atoms with van der Waals surface area (Å²) in [5.74, 6) is 1.45. The maximum absolute atomic E-state index is 12.8. The smallest absolute Gasteiger partial charge is 0.144 e. The normalized spacial score (nSPS) is 33.0. The molecule has 1 aromatic carbocycles. The number of nitrogens with zero attached hydrogens (tertiary/aromatic N) is 1.